The number of aryl methyl sites for hydroxylation is 2. The van der Waals surface area contributed by atoms with Crippen molar-refractivity contribution in [2.45, 2.75) is 26.8 Å². The molecule has 0 spiro atoms. The molecule has 4 nitrogen and oxygen atoms in total. The van der Waals surface area contributed by atoms with Gasteiger partial charge in [-0.15, -0.1) is 11.3 Å². The molecule has 0 atom stereocenters. The van der Waals surface area contributed by atoms with Crippen LogP contribution in [0, 0.1) is 6.92 Å². The molecule has 2 rings (SSSR count). The number of hydrogen-bond donors (Lipinski definition) is 1. The number of nitrogens with zero attached hydrogens (tertiary/aromatic N) is 2. The van der Waals surface area contributed by atoms with Gasteiger partial charge < -0.3 is 9.88 Å². The molecular formula is C13H17N3OS. The average molecular weight is 263 g/mol. The van der Waals surface area contributed by atoms with Crippen molar-refractivity contribution in [1.29, 1.82) is 0 Å². The van der Waals surface area contributed by atoms with Gasteiger partial charge in [0.05, 0.1) is 11.4 Å². The van der Waals surface area contributed by atoms with E-state index in [0.717, 1.165) is 17.1 Å². The summed E-state index contributed by atoms with van der Waals surface area (Å²) in [6.07, 6.45) is 4.43. The van der Waals surface area contributed by atoms with Gasteiger partial charge in [0.2, 0.25) is 0 Å². The second-order valence-corrected chi connectivity index (χ2v) is 5.40. The van der Waals surface area contributed by atoms with Gasteiger partial charge in [-0.25, -0.2) is 4.98 Å². The summed E-state index contributed by atoms with van der Waals surface area (Å²) in [5.74, 6) is 0.856. The highest BCUT2D eigenvalue weighted by Gasteiger charge is 2.16. The molecule has 0 aromatic carbocycles. The minimum absolute atomic E-state index is 0.0548. The fraction of sp³-hybridized carbons (Fsp3) is 0.385. The fourth-order valence-corrected chi connectivity index (χ4v) is 2.95. The fourth-order valence-electron chi connectivity index (χ4n) is 1.85. The second kappa shape index (κ2) is 5.35. The van der Waals surface area contributed by atoms with Crippen LogP contribution in [0.3, 0.4) is 0 Å². The largest absolute Gasteiger partial charge is 0.347 e. The molecule has 0 fully saturated rings. The van der Waals surface area contributed by atoms with Crippen molar-refractivity contribution < 1.29 is 4.79 Å². The molecule has 2 aromatic heterocycles. The lowest BCUT2D eigenvalue weighted by molar-refractivity contribution is 0.0786. The Kier molecular flexibility index (Phi) is 3.81. The molecule has 2 aromatic rings. The second-order valence-electron chi connectivity index (χ2n) is 4.27. The molecule has 0 saturated carbocycles. The molecule has 0 aliphatic heterocycles. The predicted molar refractivity (Wildman–Crippen MR) is 72.8 cm³/mol. The number of nitrogens with one attached hydrogen (secondary N) is 1. The van der Waals surface area contributed by atoms with Crippen LogP contribution in [0.1, 0.15) is 32.9 Å². The van der Waals surface area contributed by atoms with Crippen molar-refractivity contribution in [2.24, 2.45) is 0 Å². The SMILES string of the molecule is CCc1sc(C(=O)N(C)Cc2ncc[nH]2)cc1C. The van der Waals surface area contributed by atoms with E-state index in [1.807, 2.05) is 6.07 Å². The minimum atomic E-state index is 0.0548. The number of carbonyl (C=O) groups is 1. The molecule has 0 unspecified atom stereocenters. The first kappa shape index (κ1) is 12.8. The number of rotatable bonds is 4. The first-order chi connectivity index (χ1) is 8.61. The number of hydrogen-bond acceptors (Lipinski definition) is 3. The molecule has 18 heavy (non-hydrogen) atoms. The van der Waals surface area contributed by atoms with Gasteiger partial charge >= 0.3 is 0 Å². The third kappa shape index (κ3) is 2.61. The third-order valence-electron chi connectivity index (χ3n) is 2.84. The number of carbonyl (C=O) groups excluding carboxylic acids is 1. The van der Waals surface area contributed by atoms with Crippen molar-refractivity contribution in [3.8, 4) is 0 Å². The molecule has 0 radical (unpaired) electrons. The van der Waals surface area contributed by atoms with Gasteiger partial charge in [0.1, 0.15) is 5.82 Å². The van der Waals surface area contributed by atoms with Crippen LogP contribution in [-0.2, 0) is 13.0 Å². The zero-order chi connectivity index (χ0) is 13.1. The van der Waals surface area contributed by atoms with E-state index in [4.69, 9.17) is 0 Å². The summed E-state index contributed by atoms with van der Waals surface area (Å²) in [6.45, 7) is 4.67. The van der Waals surface area contributed by atoms with Gasteiger partial charge in [-0.05, 0) is 25.0 Å². The number of amides is 1. The van der Waals surface area contributed by atoms with Gasteiger partial charge in [0.25, 0.3) is 5.91 Å². The number of aromatic nitrogens is 2. The molecule has 2 heterocycles. The summed E-state index contributed by atoms with van der Waals surface area (Å²) < 4.78 is 0. The maximum atomic E-state index is 12.2. The summed E-state index contributed by atoms with van der Waals surface area (Å²) in [7, 11) is 1.80. The standard InChI is InChI=1S/C13H17N3OS/c1-4-10-9(2)7-11(18-10)13(17)16(3)8-12-14-5-6-15-12/h5-7H,4,8H2,1-3H3,(H,14,15). The van der Waals surface area contributed by atoms with Crippen molar-refractivity contribution in [1.82, 2.24) is 14.9 Å². The minimum Gasteiger partial charge on any atom is -0.347 e. The lowest BCUT2D eigenvalue weighted by Gasteiger charge is -2.14. The van der Waals surface area contributed by atoms with E-state index in [-0.39, 0.29) is 5.91 Å². The maximum absolute atomic E-state index is 12.2. The molecule has 0 aliphatic rings. The van der Waals surface area contributed by atoms with Crippen LogP contribution in [0.2, 0.25) is 0 Å². The van der Waals surface area contributed by atoms with Crippen molar-refractivity contribution in [3.63, 3.8) is 0 Å². The first-order valence-corrected chi connectivity index (χ1v) is 6.76. The molecule has 0 aliphatic carbocycles. The molecule has 5 heteroatoms. The number of H-pyrrole nitrogens is 1. The molecule has 1 N–H and O–H groups in total. The van der Waals surface area contributed by atoms with Gasteiger partial charge in [0, 0.05) is 24.3 Å². The van der Waals surface area contributed by atoms with Crippen LogP contribution >= 0.6 is 11.3 Å². The summed E-state index contributed by atoms with van der Waals surface area (Å²) in [6, 6.07) is 1.98. The van der Waals surface area contributed by atoms with Crippen LogP contribution in [0.25, 0.3) is 0 Å². The van der Waals surface area contributed by atoms with Crippen LogP contribution in [0.15, 0.2) is 18.5 Å². The Balaban J connectivity index is 2.10. The average Bonchev–Trinajstić information content (AvgIpc) is 2.97. The summed E-state index contributed by atoms with van der Waals surface area (Å²) in [5.41, 5.74) is 1.21. The normalized spacial score (nSPS) is 10.6. The summed E-state index contributed by atoms with van der Waals surface area (Å²) in [5, 5.41) is 0. The Labute approximate surface area is 111 Å². The Hall–Kier alpha value is -1.62. The van der Waals surface area contributed by atoms with E-state index in [2.05, 4.69) is 23.8 Å². The molecule has 0 saturated heterocycles. The first-order valence-electron chi connectivity index (χ1n) is 5.94. The molecule has 1 amide bonds. The van der Waals surface area contributed by atoms with E-state index < -0.39 is 0 Å². The van der Waals surface area contributed by atoms with Gasteiger partial charge in [-0.3, -0.25) is 4.79 Å². The van der Waals surface area contributed by atoms with Crippen LogP contribution in [0.4, 0.5) is 0 Å². The Morgan fingerprint density at radius 1 is 1.56 bits per heavy atom. The highest BCUT2D eigenvalue weighted by atomic mass is 32.1. The Bertz CT molecular complexity index is 530. The monoisotopic (exact) mass is 263 g/mol. The lowest BCUT2D eigenvalue weighted by atomic mass is 10.2. The van der Waals surface area contributed by atoms with Crippen LogP contribution in [0.5, 0.6) is 0 Å². The summed E-state index contributed by atoms with van der Waals surface area (Å²) >= 11 is 1.59. The predicted octanol–water partition coefficient (Wildman–Crippen LogP) is 2.61. The number of thiophene rings is 1. The highest BCUT2D eigenvalue weighted by molar-refractivity contribution is 7.14. The molecular weight excluding hydrogens is 246 g/mol. The smallest absolute Gasteiger partial charge is 0.264 e. The zero-order valence-corrected chi connectivity index (χ0v) is 11.7. The number of imidazole rings is 1. The van der Waals surface area contributed by atoms with Crippen molar-refractivity contribution in [2.75, 3.05) is 7.05 Å². The number of aromatic amines is 1. The topological polar surface area (TPSA) is 49.0 Å². The van der Waals surface area contributed by atoms with Crippen molar-refractivity contribution in [3.05, 3.63) is 39.6 Å². The zero-order valence-electron chi connectivity index (χ0n) is 10.9. The molecule has 96 valence electrons. The van der Waals surface area contributed by atoms with E-state index in [0.29, 0.717) is 6.54 Å². The van der Waals surface area contributed by atoms with E-state index in [1.165, 1.54) is 10.4 Å². The maximum Gasteiger partial charge on any atom is 0.264 e. The highest BCUT2D eigenvalue weighted by Crippen LogP contribution is 2.23. The Morgan fingerprint density at radius 3 is 2.89 bits per heavy atom. The van der Waals surface area contributed by atoms with E-state index in [9.17, 15) is 4.79 Å². The van der Waals surface area contributed by atoms with Crippen molar-refractivity contribution >= 4 is 17.2 Å². The van der Waals surface area contributed by atoms with Gasteiger partial charge in [-0.1, -0.05) is 6.92 Å². The van der Waals surface area contributed by atoms with Crippen LogP contribution < -0.4 is 0 Å². The molecule has 0 bridgehead atoms. The Morgan fingerprint density at radius 2 is 2.33 bits per heavy atom. The summed E-state index contributed by atoms with van der Waals surface area (Å²) in [4.78, 5) is 23.1. The van der Waals surface area contributed by atoms with E-state index in [1.54, 1.807) is 35.7 Å². The van der Waals surface area contributed by atoms with Crippen LogP contribution in [-0.4, -0.2) is 27.8 Å². The third-order valence-corrected chi connectivity index (χ3v) is 4.21. The lowest BCUT2D eigenvalue weighted by Crippen LogP contribution is -2.25. The van der Waals surface area contributed by atoms with Gasteiger partial charge in [-0.2, -0.15) is 0 Å². The quantitative estimate of drug-likeness (QED) is 0.921. The van der Waals surface area contributed by atoms with Gasteiger partial charge in [0.15, 0.2) is 0 Å². The van der Waals surface area contributed by atoms with E-state index >= 15 is 0 Å².